The molecule has 0 aromatic heterocycles. The highest BCUT2D eigenvalue weighted by Crippen LogP contribution is 2.13. The van der Waals surface area contributed by atoms with Crippen LogP contribution in [0.5, 0.6) is 0 Å². The number of carbonyl (C=O) groups is 1. The largest absolute Gasteiger partial charge is 0.392 e. The van der Waals surface area contributed by atoms with Crippen molar-refractivity contribution in [2.24, 2.45) is 5.92 Å². The molecule has 0 fully saturated rings. The summed E-state index contributed by atoms with van der Waals surface area (Å²) in [4.78, 5) is 13.3. The number of aliphatic hydroxyl groups is 2. The molecule has 0 spiro atoms. The molecule has 0 aliphatic heterocycles. The number of rotatable bonds is 5. The van der Waals surface area contributed by atoms with E-state index in [2.05, 4.69) is 0 Å². The fourth-order valence-electron chi connectivity index (χ4n) is 1.36. The SMILES string of the molecule is CC[C@H](O)[C@@H](C)C(=O)N(C)[C@@H](C)[C@H](C)O. The van der Waals surface area contributed by atoms with E-state index in [1.165, 1.54) is 4.90 Å². The Labute approximate surface area is 91.9 Å². The van der Waals surface area contributed by atoms with Crippen molar-refractivity contribution in [1.82, 2.24) is 4.90 Å². The Bertz CT molecular complexity index is 206. The molecule has 0 saturated carbocycles. The maximum absolute atomic E-state index is 11.8. The van der Waals surface area contributed by atoms with Gasteiger partial charge >= 0.3 is 0 Å². The van der Waals surface area contributed by atoms with Crippen molar-refractivity contribution in [2.75, 3.05) is 7.05 Å². The number of carbonyl (C=O) groups excluding carboxylic acids is 1. The molecule has 0 heterocycles. The lowest BCUT2D eigenvalue weighted by molar-refractivity contribution is -0.141. The Kier molecular flexibility index (Phi) is 5.83. The van der Waals surface area contributed by atoms with Crippen molar-refractivity contribution in [3.63, 3.8) is 0 Å². The zero-order chi connectivity index (χ0) is 12.2. The van der Waals surface area contributed by atoms with E-state index in [0.717, 1.165) is 0 Å². The smallest absolute Gasteiger partial charge is 0.228 e. The standard InChI is InChI=1S/C11H23NO3/c1-6-10(14)7(2)11(15)12(5)8(3)9(4)13/h7-10,13-14H,6H2,1-5H3/t7-,8+,9+,10+/m1/s1. The van der Waals surface area contributed by atoms with Crippen LogP contribution in [0.1, 0.15) is 34.1 Å². The third-order valence-corrected chi connectivity index (χ3v) is 3.04. The molecule has 0 aliphatic carbocycles. The lowest BCUT2D eigenvalue weighted by atomic mass is 10.00. The zero-order valence-corrected chi connectivity index (χ0v) is 10.3. The Hall–Kier alpha value is -0.610. The maximum Gasteiger partial charge on any atom is 0.228 e. The second-order valence-corrected chi connectivity index (χ2v) is 4.19. The van der Waals surface area contributed by atoms with E-state index in [1.807, 2.05) is 6.92 Å². The molecule has 2 N–H and O–H groups in total. The van der Waals surface area contributed by atoms with E-state index < -0.39 is 18.1 Å². The molecule has 4 atom stereocenters. The van der Waals surface area contributed by atoms with Crippen LogP contribution in [0.4, 0.5) is 0 Å². The molecule has 0 aliphatic rings. The summed E-state index contributed by atoms with van der Waals surface area (Å²) in [6.07, 6.45) is -0.616. The molecule has 4 nitrogen and oxygen atoms in total. The summed E-state index contributed by atoms with van der Waals surface area (Å²) < 4.78 is 0. The summed E-state index contributed by atoms with van der Waals surface area (Å²) >= 11 is 0. The number of nitrogens with zero attached hydrogens (tertiary/aromatic N) is 1. The number of aliphatic hydroxyl groups excluding tert-OH is 2. The summed E-state index contributed by atoms with van der Waals surface area (Å²) in [7, 11) is 1.65. The van der Waals surface area contributed by atoms with Gasteiger partial charge in [0.2, 0.25) is 5.91 Å². The molecule has 15 heavy (non-hydrogen) atoms. The Morgan fingerprint density at radius 2 is 1.73 bits per heavy atom. The topological polar surface area (TPSA) is 60.8 Å². The fourth-order valence-corrected chi connectivity index (χ4v) is 1.36. The van der Waals surface area contributed by atoms with Gasteiger partial charge in [-0.2, -0.15) is 0 Å². The number of likely N-dealkylation sites (N-methyl/N-ethyl adjacent to an activating group) is 1. The van der Waals surface area contributed by atoms with Gasteiger partial charge in [-0.3, -0.25) is 4.79 Å². The number of hydrogen-bond donors (Lipinski definition) is 2. The van der Waals surface area contributed by atoms with Crippen molar-refractivity contribution in [3.05, 3.63) is 0 Å². The van der Waals surface area contributed by atoms with E-state index >= 15 is 0 Å². The molecule has 1 amide bonds. The maximum atomic E-state index is 11.8. The van der Waals surface area contributed by atoms with Crippen molar-refractivity contribution in [2.45, 2.75) is 52.4 Å². The molecule has 90 valence electrons. The summed E-state index contributed by atoms with van der Waals surface area (Å²) in [5.41, 5.74) is 0. The van der Waals surface area contributed by atoms with Gasteiger partial charge < -0.3 is 15.1 Å². The summed E-state index contributed by atoms with van der Waals surface area (Å²) in [6, 6.07) is -0.232. The lowest BCUT2D eigenvalue weighted by Gasteiger charge is -2.30. The second-order valence-electron chi connectivity index (χ2n) is 4.19. The van der Waals surface area contributed by atoms with Crippen molar-refractivity contribution in [1.29, 1.82) is 0 Å². The first kappa shape index (κ1) is 14.4. The minimum Gasteiger partial charge on any atom is -0.392 e. The predicted molar refractivity (Wildman–Crippen MR) is 59.4 cm³/mol. The third kappa shape index (κ3) is 3.80. The van der Waals surface area contributed by atoms with Crippen LogP contribution >= 0.6 is 0 Å². The molecule has 0 saturated heterocycles. The molecule has 0 aromatic rings. The Balaban J connectivity index is 4.43. The van der Waals surface area contributed by atoms with E-state index in [4.69, 9.17) is 0 Å². The molecular formula is C11H23NO3. The van der Waals surface area contributed by atoms with Crippen LogP contribution < -0.4 is 0 Å². The fraction of sp³-hybridized carbons (Fsp3) is 0.909. The van der Waals surface area contributed by atoms with Gasteiger partial charge in [0, 0.05) is 7.05 Å². The minimum absolute atomic E-state index is 0.127. The molecule has 0 rings (SSSR count). The minimum atomic E-state index is -0.610. The van der Waals surface area contributed by atoms with E-state index in [0.29, 0.717) is 6.42 Å². The highest BCUT2D eigenvalue weighted by Gasteiger charge is 2.27. The van der Waals surface area contributed by atoms with Crippen LogP contribution in [0.2, 0.25) is 0 Å². The highest BCUT2D eigenvalue weighted by atomic mass is 16.3. The van der Waals surface area contributed by atoms with Crippen molar-refractivity contribution < 1.29 is 15.0 Å². The molecular weight excluding hydrogens is 194 g/mol. The highest BCUT2D eigenvalue weighted by molar-refractivity contribution is 5.79. The van der Waals surface area contributed by atoms with Gasteiger partial charge in [-0.1, -0.05) is 13.8 Å². The van der Waals surface area contributed by atoms with Crippen LogP contribution in [-0.2, 0) is 4.79 Å². The lowest BCUT2D eigenvalue weighted by Crippen LogP contribution is -2.46. The molecule has 0 unspecified atom stereocenters. The van der Waals surface area contributed by atoms with Gasteiger partial charge in [-0.15, -0.1) is 0 Å². The van der Waals surface area contributed by atoms with Crippen molar-refractivity contribution >= 4 is 5.91 Å². The first-order valence-corrected chi connectivity index (χ1v) is 5.45. The van der Waals surface area contributed by atoms with Crippen LogP contribution in [0.25, 0.3) is 0 Å². The monoisotopic (exact) mass is 217 g/mol. The number of amides is 1. The zero-order valence-electron chi connectivity index (χ0n) is 10.3. The molecule has 0 bridgehead atoms. The van der Waals surface area contributed by atoms with Gasteiger partial charge in [0.25, 0.3) is 0 Å². The van der Waals surface area contributed by atoms with Crippen LogP contribution in [-0.4, -0.2) is 46.3 Å². The van der Waals surface area contributed by atoms with Gasteiger partial charge in [0.05, 0.1) is 24.2 Å². The molecule has 0 aromatic carbocycles. The van der Waals surface area contributed by atoms with Gasteiger partial charge in [-0.25, -0.2) is 0 Å². The van der Waals surface area contributed by atoms with Crippen molar-refractivity contribution in [3.8, 4) is 0 Å². The first-order chi connectivity index (χ1) is 6.82. The summed E-state index contributed by atoms with van der Waals surface area (Å²) in [5.74, 6) is -0.543. The molecule has 0 radical (unpaired) electrons. The predicted octanol–water partition coefficient (Wildman–Crippen LogP) is 0.621. The average molecular weight is 217 g/mol. The van der Waals surface area contributed by atoms with Crippen LogP contribution in [0.15, 0.2) is 0 Å². The quantitative estimate of drug-likeness (QED) is 0.709. The molecule has 4 heteroatoms. The number of hydrogen-bond acceptors (Lipinski definition) is 3. The first-order valence-electron chi connectivity index (χ1n) is 5.45. The Morgan fingerprint density at radius 3 is 2.07 bits per heavy atom. The van der Waals surface area contributed by atoms with Gasteiger partial charge in [0.15, 0.2) is 0 Å². The Morgan fingerprint density at radius 1 is 1.27 bits per heavy atom. The van der Waals surface area contributed by atoms with Gasteiger partial charge in [0.1, 0.15) is 0 Å². The normalized spacial score (nSPS) is 19.1. The van der Waals surface area contributed by atoms with E-state index in [-0.39, 0.29) is 11.9 Å². The summed E-state index contributed by atoms with van der Waals surface area (Å²) in [6.45, 7) is 6.98. The van der Waals surface area contributed by atoms with Crippen LogP contribution in [0, 0.1) is 5.92 Å². The van der Waals surface area contributed by atoms with E-state index in [9.17, 15) is 15.0 Å². The van der Waals surface area contributed by atoms with Crippen LogP contribution in [0.3, 0.4) is 0 Å². The second kappa shape index (κ2) is 6.08. The van der Waals surface area contributed by atoms with E-state index in [1.54, 1.807) is 27.8 Å². The van der Waals surface area contributed by atoms with Gasteiger partial charge in [-0.05, 0) is 20.3 Å². The third-order valence-electron chi connectivity index (χ3n) is 3.04. The average Bonchev–Trinajstić information content (AvgIpc) is 2.23. The summed E-state index contributed by atoms with van der Waals surface area (Å²) in [5, 5.41) is 18.9.